The molecule has 1 aromatic rings. The monoisotopic (exact) mass is 270 g/mol. The molecule has 1 aromatic carbocycles. The molecule has 2 atom stereocenters. The van der Waals surface area contributed by atoms with E-state index in [9.17, 15) is 9.90 Å². The highest BCUT2D eigenvalue weighted by molar-refractivity contribution is 6.30. The van der Waals surface area contributed by atoms with Crippen LogP contribution in [0.25, 0.3) is 0 Å². The minimum Gasteiger partial charge on any atom is -0.501 e. The Bertz CT molecular complexity index is 411. The van der Waals surface area contributed by atoms with E-state index in [0.717, 1.165) is 0 Å². The Morgan fingerprint density at radius 3 is 2.28 bits per heavy atom. The van der Waals surface area contributed by atoms with Crippen molar-refractivity contribution in [3.63, 3.8) is 0 Å². The number of ether oxygens (including phenoxy) is 2. The molecule has 98 valence electrons. The molecule has 0 aliphatic heterocycles. The van der Waals surface area contributed by atoms with Gasteiger partial charge >= 0.3 is 5.97 Å². The number of methoxy groups -OCH3 is 2. The molecule has 0 spiro atoms. The number of benzene rings is 1. The fourth-order valence-corrected chi connectivity index (χ4v) is 1.67. The molecule has 1 rings (SSSR count). The zero-order valence-electron chi connectivity index (χ0n) is 10.2. The van der Waals surface area contributed by atoms with E-state index in [2.05, 4.69) is 11.3 Å². The topological polar surface area (TPSA) is 55.8 Å². The van der Waals surface area contributed by atoms with Crippen LogP contribution < -0.4 is 0 Å². The van der Waals surface area contributed by atoms with Crippen molar-refractivity contribution in [2.45, 2.75) is 6.10 Å². The van der Waals surface area contributed by atoms with Crippen LogP contribution >= 0.6 is 11.6 Å². The summed E-state index contributed by atoms with van der Waals surface area (Å²) in [5.41, 5.74) is 0.535. The molecule has 0 saturated carbocycles. The Balaban J connectivity index is 3.02. The second-order valence-electron chi connectivity index (χ2n) is 3.67. The van der Waals surface area contributed by atoms with Crippen molar-refractivity contribution < 1.29 is 19.4 Å². The molecular formula is C13H15ClO4. The van der Waals surface area contributed by atoms with Crippen molar-refractivity contribution in [1.82, 2.24) is 0 Å². The number of aliphatic hydroxyl groups excluding tert-OH is 1. The average Bonchev–Trinajstić information content (AvgIpc) is 2.39. The number of carbonyl (C=O) groups excluding carboxylic acids is 1. The van der Waals surface area contributed by atoms with Crippen molar-refractivity contribution in [3.8, 4) is 0 Å². The predicted molar refractivity (Wildman–Crippen MR) is 68.1 cm³/mol. The highest BCUT2D eigenvalue weighted by Crippen LogP contribution is 2.29. The lowest BCUT2D eigenvalue weighted by molar-refractivity contribution is -0.149. The lowest BCUT2D eigenvalue weighted by Crippen LogP contribution is -2.26. The first-order chi connectivity index (χ1) is 8.51. The summed E-state index contributed by atoms with van der Waals surface area (Å²) in [6, 6.07) is 6.52. The quantitative estimate of drug-likeness (QED) is 0.659. The summed E-state index contributed by atoms with van der Waals surface area (Å²) < 4.78 is 9.56. The molecule has 4 nitrogen and oxygen atoms in total. The molecule has 0 saturated heterocycles. The smallest absolute Gasteiger partial charge is 0.319 e. The van der Waals surface area contributed by atoms with E-state index in [4.69, 9.17) is 16.3 Å². The highest BCUT2D eigenvalue weighted by atomic mass is 35.5. The SMILES string of the molecule is C=C(OC)C(C(=O)OC)C(O)c1ccc(Cl)cc1. The van der Waals surface area contributed by atoms with Crippen LogP contribution in [0.4, 0.5) is 0 Å². The van der Waals surface area contributed by atoms with Crippen LogP contribution in [0, 0.1) is 5.92 Å². The fraction of sp³-hybridized carbons (Fsp3) is 0.308. The van der Waals surface area contributed by atoms with E-state index in [1.807, 2.05) is 0 Å². The van der Waals surface area contributed by atoms with Gasteiger partial charge < -0.3 is 14.6 Å². The maximum absolute atomic E-state index is 11.6. The van der Waals surface area contributed by atoms with E-state index in [1.165, 1.54) is 14.2 Å². The Morgan fingerprint density at radius 2 is 1.83 bits per heavy atom. The summed E-state index contributed by atoms with van der Waals surface area (Å²) in [4.78, 5) is 11.6. The molecule has 2 unspecified atom stereocenters. The summed E-state index contributed by atoms with van der Waals surface area (Å²) >= 11 is 5.76. The van der Waals surface area contributed by atoms with Gasteiger partial charge in [0, 0.05) is 5.02 Å². The van der Waals surface area contributed by atoms with E-state index in [0.29, 0.717) is 10.6 Å². The van der Waals surface area contributed by atoms with E-state index >= 15 is 0 Å². The third kappa shape index (κ3) is 3.24. The van der Waals surface area contributed by atoms with Crippen molar-refractivity contribution in [2.24, 2.45) is 5.92 Å². The van der Waals surface area contributed by atoms with Gasteiger partial charge in [0.2, 0.25) is 0 Å². The maximum atomic E-state index is 11.6. The number of esters is 1. The lowest BCUT2D eigenvalue weighted by Gasteiger charge is -2.22. The number of halogens is 1. The Kier molecular flexibility index (Phi) is 5.19. The second kappa shape index (κ2) is 6.42. The van der Waals surface area contributed by atoms with Crippen LogP contribution in [0.2, 0.25) is 5.02 Å². The van der Waals surface area contributed by atoms with Gasteiger partial charge in [-0.05, 0) is 17.7 Å². The Morgan fingerprint density at radius 1 is 1.28 bits per heavy atom. The molecule has 0 heterocycles. The second-order valence-corrected chi connectivity index (χ2v) is 4.10. The summed E-state index contributed by atoms with van der Waals surface area (Å²) in [6.45, 7) is 3.60. The predicted octanol–water partition coefficient (Wildman–Crippen LogP) is 2.32. The van der Waals surface area contributed by atoms with Gasteiger partial charge in [-0.3, -0.25) is 4.79 Å². The first kappa shape index (κ1) is 14.5. The minimum atomic E-state index is -1.10. The zero-order chi connectivity index (χ0) is 13.7. The number of aliphatic hydroxyl groups is 1. The Labute approximate surface area is 111 Å². The van der Waals surface area contributed by atoms with Crippen LogP contribution in [0.5, 0.6) is 0 Å². The maximum Gasteiger partial charge on any atom is 0.319 e. The van der Waals surface area contributed by atoms with Crippen LogP contribution in [-0.2, 0) is 14.3 Å². The van der Waals surface area contributed by atoms with E-state index in [1.54, 1.807) is 24.3 Å². The van der Waals surface area contributed by atoms with Gasteiger partial charge in [-0.1, -0.05) is 30.3 Å². The van der Waals surface area contributed by atoms with Crippen molar-refractivity contribution >= 4 is 17.6 Å². The largest absolute Gasteiger partial charge is 0.501 e. The molecule has 0 bridgehead atoms. The number of carbonyl (C=O) groups is 1. The lowest BCUT2D eigenvalue weighted by atomic mass is 9.94. The summed E-state index contributed by atoms with van der Waals surface area (Å²) in [5, 5.41) is 10.7. The molecule has 0 radical (unpaired) electrons. The summed E-state index contributed by atoms with van der Waals surface area (Å²) in [5.74, 6) is -1.44. The summed E-state index contributed by atoms with van der Waals surface area (Å²) in [6.07, 6.45) is -1.10. The minimum absolute atomic E-state index is 0.143. The third-order valence-electron chi connectivity index (χ3n) is 2.59. The number of hydrogen-bond acceptors (Lipinski definition) is 4. The van der Waals surface area contributed by atoms with Gasteiger partial charge in [-0.25, -0.2) is 0 Å². The normalized spacial score (nSPS) is 13.6. The van der Waals surface area contributed by atoms with Gasteiger partial charge in [0.1, 0.15) is 11.7 Å². The van der Waals surface area contributed by atoms with Crippen LogP contribution in [0.1, 0.15) is 11.7 Å². The fourth-order valence-electron chi connectivity index (χ4n) is 1.54. The molecule has 1 N–H and O–H groups in total. The molecule has 0 amide bonds. The van der Waals surface area contributed by atoms with E-state index in [-0.39, 0.29) is 5.76 Å². The molecule has 0 aliphatic rings. The summed E-state index contributed by atoms with van der Waals surface area (Å²) in [7, 11) is 2.62. The van der Waals surface area contributed by atoms with Crippen molar-refractivity contribution in [2.75, 3.05) is 14.2 Å². The average molecular weight is 271 g/mol. The molecule has 0 aromatic heterocycles. The molecule has 0 aliphatic carbocycles. The van der Waals surface area contributed by atoms with Crippen molar-refractivity contribution in [1.29, 1.82) is 0 Å². The standard InChI is InChI=1S/C13H15ClO4/c1-8(17-2)11(13(16)18-3)12(15)9-4-6-10(14)7-5-9/h4-7,11-12,15H,1H2,2-3H3. The van der Waals surface area contributed by atoms with Gasteiger partial charge in [-0.2, -0.15) is 0 Å². The number of hydrogen-bond donors (Lipinski definition) is 1. The molecule has 0 fully saturated rings. The van der Waals surface area contributed by atoms with Crippen molar-refractivity contribution in [3.05, 3.63) is 47.2 Å². The molecule has 18 heavy (non-hydrogen) atoms. The first-order valence-electron chi connectivity index (χ1n) is 5.25. The zero-order valence-corrected chi connectivity index (χ0v) is 11.0. The van der Waals surface area contributed by atoms with Gasteiger partial charge in [-0.15, -0.1) is 0 Å². The van der Waals surface area contributed by atoms with Gasteiger partial charge in [0.25, 0.3) is 0 Å². The number of rotatable bonds is 5. The first-order valence-corrected chi connectivity index (χ1v) is 5.63. The van der Waals surface area contributed by atoms with Gasteiger partial charge in [0.15, 0.2) is 0 Å². The third-order valence-corrected chi connectivity index (χ3v) is 2.84. The molecule has 5 heteroatoms. The van der Waals surface area contributed by atoms with Crippen LogP contribution in [0.15, 0.2) is 36.6 Å². The van der Waals surface area contributed by atoms with Crippen LogP contribution in [0.3, 0.4) is 0 Å². The Hall–Kier alpha value is -1.52. The molecular weight excluding hydrogens is 256 g/mol. The van der Waals surface area contributed by atoms with E-state index < -0.39 is 18.0 Å². The van der Waals surface area contributed by atoms with Crippen LogP contribution in [-0.4, -0.2) is 25.3 Å². The van der Waals surface area contributed by atoms with Gasteiger partial charge in [0.05, 0.1) is 20.3 Å². The highest BCUT2D eigenvalue weighted by Gasteiger charge is 2.32.